The predicted octanol–water partition coefficient (Wildman–Crippen LogP) is 4.04. The van der Waals surface area contributed by atoms with Crippen molar-refractivity contribution < 1.29 is 9.47 Å². The molecule has 0 saturated carbocycles. The van der Waals surface area contributed by atoms with Crippen LogP contribution in [0.15, 0.2) is 54.6 Å². The third kappa shape index (κ3) is 1.72. The first-order valence-electron chi connectivity index (χ1n) is 6.57. The molecule has 1 saturated heterocycles. The van der Waals surface area contributed by atoms with Crippen molar-refractivity contribution in [3.05, 3.63) is 60.2 Å². The Morgan fingerprint density at radius 3 is 1.84 bits per heavy atom. The third-order valence-electron chi connectivity index (χ3n) is 3.67. The first kappa shape index (κ1) is 11.0. The number of hydrogen-bond donors (Lipinski definition) is 0. The monoisotopic (exact) mass is 250 g/mol. The zero-order valence-electron chi connectivity index (χ0n) is 10.5. The molecule has 0 unspecified atom stereocenters. The van der Waals surface area contributed by atoms with Gasteiger partial charge in [-0.05, 0) is 27.6 Å². The molecule has 0 amide bonds. The van der Waals surface area contributed by atoms with Crippen molar-refractivity contribution in [1.29, 1.82) is 0 Å². The van der Waals surface area contributed by atoms with Gasteiger partial charge in [-0.25, -0.2) is 0 Å². The molecule has 0 atom stereocenters. The van der Waals surface area contributed by atoms with Crippen LogP contribution in [0.5, 0.6) is 0 Å². The van der Waals surface area contributed by atoms with E-state index in [0.717, 1.165) is 5.56 Å². The molecule has 3 aromatic carbocycles. The lowest BCUT2D eigenvalue weighted by Crippen LogP contribution is -2.00. The highest BCUT2D eigenvalue weighted by molar-refractivity contribution is 6.02. The molecule has 2 nitrogen and oxygen atoms in total. The smallest absolute Gasteiger partial charge is 0.185 e. The highest BCUT2D eigenvalue weighted by atomic mass is 16.7. The van der Waals surface area contributed by atoms with Gasteiger partial charge in [0.2, 0.25) is 0 Å². The van der Waals surface area contributed by atoms with Crippen molar-refractivity contribution in [3.8, 4) is 0 Å². The van der Waals surface area contributed by atoms with Crippen molar-refractivity contribution >= 4 is 21.5 Å². The van der Waals surface area contributed by atoms with Gasteiger partial charge >= 0.3 is 0 Å². The summed E-state index contributed by atoms with van der Waals surface area (Å²) in [5.41, 5.74) is 1.16. The second-order valence-corrected chi connectivity index (χ2v) is 4.81. The SMILES string of the molecule is c1ccc2c(C3OCCO3)c3ccccc3cc2c1. The van der Waals surface area contributed by atoms with Crippen molar-refractivity contribution in [2.24, 2.45) is 0 Å². The second kappa shape index (κ2) is 4.34. The first-order chi connectivity index (χ1) is 9.43. The average molecular weight is 250 g/mol. The highest BCUT2D eigenvalue weighted by Gasteiger charge is 2.22. The van der Waals surface area contributed by atoms with Gasteiger partial charge in [0.25, 0.3) is 0 Å². The van der Waals surface area contributed by atoms with Gasteiger partial charge in [-0.3, -0.25) is 0 Å². The van der Waals surface area contributed by atoms with E-state index in [-0.39, 0.29) is 6.29 Å². The first-order valence-corrected chi connectivity index (χ1v) is 6.57. The summed E-state index contributed by atoms with van der Waals surface area (Å²) in [5.74, 6) is 0. The molecule has 1 aliphatic heterocycles. The van der Waals surface area contributed by atoms with E-state index in [9.17, 15) is 0 Å². The zero-order chi connectivity index (χ0) is 12.7. The van der Waals surface area contributed by atoms with Crippen molar-refractivity contribution in [3.63, 3.8) is 0 Å². The molecule has 1 heterocycles. The van der Waals surface area contributed by atoms with Crippen molar-refractivity contribution in [1.82, 2.24) is 0 Å². The zero-order valence-corrected chi connectivity index (χ0v) is 10.5. The number of ether oxygens (including phenoxy) is 2. The van der Waals surface area contributed by atoms with Crippen LogP contribution in [0, 0.1) is 0 Å². The van der Waals surface area contributed by atoms with E-state index in [1.807, 2.05) is 0 Å². The van der Waals surface area contributed by atoms with E-state index in [1.165, 1.54) is 21.5 Å². The summed E-state index contributed by atoms with van der Waals surface area (Å²) < 4.78 is 11.5. The maximum atomic E-state index is 5.73. The maximum absolute atomic E-state index is 5.73. The van der Waals surface area contributed by atoms with Crippen LogP contribution in [0.2, 0.25) is 0 Å². The molecular weight excluding hydrogens is 236 g/mol. The summed E-state index contributed by atoms with van der Waals surface area (Å²) in [4.78, 5) is 0. The molecular formula is C17H14O2. The molecule has 4 rings (SSSR count). The highest BCUT2D eigenvalue weighted by Crippen LogP contribution is 2.36. The molecule has 0 aliphatic carbocycles. The largest absolute Gasteiger partial charge is 0.346 e. The van der Waals surface area contributed by atoms with Gasteiger partial charge in [-0.2, -0.15) is 0 Å². The van der Waals surface area contributed by atoms with Crippen LogP contribution in [0.1, 0.15) is 11.9 Å². The van der Waals surface area contributed by atoms with Gasteiger partial charge in [-0.15, -0.1) is 0 Å². The van der Waals surface area contributed by atoms with Gasteiger partial charge < -0.3 is 9.47 Å². The minimum absolute atomic E-state index is 0.240. The molecule has 2 heteroatoms. The van der Waals surface area contributed by atoms with Gasteiger partial charge in [-0.1, -0.05) is 48.5 Å². The second-order valence-electron chi connectivity index (χ2n) is 4.81. The van der Waals surface area contributed by atoms with E-state index in [4.69, 9.17) is 9.47 Å². The Kier molecular flexibility index (Phi) is 2.50. The fourth-order valence-corrected chi connectivity index (χ4v) is 2.83. The number of hydrogen-bond acceptors (Lipinski definition) is 2. The quantitative estimate of drug-likeness (QED) is 0.607. The average Bonchev–Trinajstić information content (AvgIpc) is 2.98. The molecule has 0 spiro atoms. The van der Waals surface area contributed by atoms with Crippen LogP contribution < -0.4 is 0 Å². The lowest BCUT2D eigenvalue weighted by Gasteiger charge is -2.16. The van der Waals surface area contributed by atoms with E-state index in [1.54, 1.807) is 0 Å². The Labute approximate surface area is 111 Å². The summed E-state index contributed by atoms with van der Waals surface area (Å²) in [7, 11) is 0. The number of fused-ring (bicyclic) bond motifs is 2. The van der Waals surface area contributed by atoms with Gasteiger partial charge in [0.05, 0.1) is 13.2 Å². The third-order valence-corrected chi connectivity index (χ3v) is 3.67. The molecule has 0 bridgehead atoms. The number of benzene rings is 3. The van der Waals surface area contributed by atoms with Crippen LogP contribution in [-0.2, 0) is 9.47 Å². The lowest BCUT2D eigenvalue weighted by molar-refractivity contribution is -0.0419. The van der Waals surface area contributed by atoms with Crippen molar-refractivity contribution in [2.45, 2.75) is 6.29 Å². The van der Waals surface area contributed by atoms with Crippen LogP contribution >= 0.6 is 0 Å². The van der Waals surface area contributed by atoms with Gasteiger partial charge in [0.1, 0.15) is 0 Å². The Bertz CT molecular complexity index is 688. The molecule has 3 aromatic rings. The standard InChI is InChI=1S/C17H14O2/c1-3-7-14-12(5-1)11-13-6-2-4-8-15(13)16(14)17-18-9-10-19-17/h1-8,11,17H,9-10H2. The van der Waals surface area contributed by atoms with Gasteiger partial charge in [0.15, 0.2) is 6.29 Å². The van der Waals surface area contributed by atoms with E-state index in [2.05, 4.69) is 54.6 Å². The molecule has 0 radical (unpaired) electrons. The van der Waals surface area contributed by atoms with E-state index < -0.39 is 0 Å². The minimum Gasteiger partial charge on any atom is -0.346 e. The molecule has 0 N–H and O–H groups in total. The van der Waals surface area contributed by atoms with Crippen LogP contribution in [-0.4, -0.2) is 13.2 Å². The predicted molar refractivity (Wildman–Crippen MR) is 76.1 cm³/mol. The number of rotatable bonds is 1. The van der Waals surface area contributed by atoms with Crippen LogP contribution in [0.25, 0.3) is 21.5 Å². The topological polar surface area (TPSA) is 18.5 Å². The van der Waals surface area contributed by atoms with E-state index in [0.29, 0.717) is 13.2 Å². The maximum Gasteiger partial charge on any atom is 0.185 e. The van der Waals surface area contributed by atoms with E-state index >= 15 is 0 Å². The Balaban J connectivity index is 2.13. The summed E-state index contributed by atoms with van der Waals surface area (Å²) in [5, 5.41) is 4.90. The molecule has 94 valence electrons. The minimum atomic E-state index is -0.240. The summed E-state index contributed by atoms with van der Waals surface area (Å²) in [6, 6.07) is 19.0. The summed E-state index contributed by atoms with van der Waals surface area (Å²) in [6.45, 7) is 1.34. The fraction of sp³-hybridized carbons (Fsp3) is 0.176. The molecule has 19 heavy (non-hydrogen) atoms. The van der Waals surface area contributed by atoms with Gasteiger partial charge in [0, 0.05) is 5.56 Å². The Hall–Kier alpha value is -1.90. The normalized spacial score (nSPS) is 16.4. The summed E-state index contributed by atoms with van der Waals surface area (Å²) in [6.07, 6.45) is -0.240. The Morgan fingerprint density at radius 1 is 0.737 bits per heavy atom. The lowest BCUT2D eigenvalue weighted by atomic mass is 9.96. The fourth-order valence-electron chi connectivity index (χ4n) is 2.83. The molecule has 1 fully saturated rings. The molecule has 0 aromatic heterocycles. The Morgan fingerprint density at radius 2 is 1.26 bits per heavy atom. The van der Waals surface area contributed by atoms with Crippen molar-refractivity contribution in [2.75, 3.05) is 13.2 Å². The molecule has 1 aliphatic rings. The summed E-state index contributed by atoms with van der Waals surface area (Å²) >= 11 is 0. The van der Waals surface area contributed by atoms with Crippen LogP contribution in [0.3, 0.4) is 0 Å². The van der Waals surface area contributed by atoms with Crippen LogP contribution in [0.4, 0.5) is 0 Å².